The van der Waals surface area contributed by atoms with E-state index in [1.165, 1.54) is 0 Å². The van der Waals surface area contributed by atoms with Crippen molar-refractivity contribution in [3.05, 3.63) is 29.3 Å². The highest BCUT2D eigenvalue weighted by Gasteiger charge is 2.26. The molecule has 1 aliphatic rings. The van der Waals surface area contributed by atoms with Crippen molar-refractivity contribution in [2.24, 2.45) is 0 Å². The van der Waals surface area contributed by atoms with Crippen LogP contribution in [0.3, 0.4) is 0 Å². The topological polar surface area (TPSA) is 26.3 Å². The number of ether oxygens (including phenoxy) is 1. The van der Waals surface area contributed by atoms with Crippen molar-refractivity contribution in [2.75, 3.05) is 0 Å². The van der Waals surface area contributed by atoms with Crippen LogP contribution in [0.15, 0.2) is 18.2 Å². The van der Waals surface area contributed by atoms with Crippen LogP contribution in [0.1, 0.15) is 18.1 Å². The minimum absolute atomic E-state index is 0.159. The fourth-order valence-corrected chi connectivity index (χ4v) is 1.61. The van der Waals surface area contributed by atoms with E-state index in [-0.39, 0.29) is 6.10 Å². The van der Waals surface area contributed by atoms with Gasteiger partial charge in [-0.15, -0.1) is 0 Å². The average Bonchev–Trinajstić information content (AvgIpc) is 2.43. The molecule has 2 heteroatoms. The van der Waals surface area contributed by atoms with Gasteiger partial charge in [-0.3, -0.25) is 0 Å². The van der Waals surface area contributed by atoms with Crippen LogP contribution in [-0.2, 0) is 4.79 Å². The number of hydrogen-bond donors (Lipinski definition) is 0. The van der Waals surface area contributed by atoms with Crippen LogP contribution in [0.4, 0.5) is 0 Å². The molecule has 1 heterocycles. The molecule has 1 atom stereocenters. The van der Waals surface area contributed by atoms with Gasteiger partial charge in [0.1, 0.15) is 17.8 Å². The van der Waals surface area contributed by atoms with E-state index in [1.807, 2.05) is 38.0 Å². The highest BCUT2D eigenvalue weighted by molar-refractivity contribution is 5.94. The van der Waals surface area contributed by atoms with Gasteiger partial charge < -0.3 is 4.74 Å². The number of aryl methyl sites for hydroxylation is 1. The minimum atomic E-state index is -0.159. The Hall–Kier alpha value is -1.53. The van der Waals surface area contributed by atoms with Gasteiger partial charge in [0, 0.05) is 5.56 Å². The van der Waals surface area contributed by atoms with Crippen LogP contribution >= 0.6 is 0 Å². The molecule has 0 N–H and O–H groups in total. The lowest BCUT2D eigenvalue weighted by Crippen LogP contribution is -2.05. The third-order valence-corrected chi connectivity index (χ3v) is 2.31. The summed E-state index contributed by atoms with van der Waals surface area (Å²) < 4.78 is 5.54. The smallest absolute Gasteiger partial charge is 0.132 e. The van der Waals surface area contributed by atoms with Gasteiger partial charge in [-0.05, 0) is 19.4 Å². The summed E-state index contributed by atoms with van der Waals surface area (Å²) in [5.41, 5.74) is 2.58. The molecule has 1 aromatic carbocycles. The molecule has 1 aromatic rings. The molecule has 0 spiro atoms. The van der Waals surface area contributed by atoms with E-state index in [4.69, 9.17) is 4.74 Å². The molecule has 1 aliphatic heterocycles. The molecule has 0 saturated carbocycles. The first-order chi connectivity index (χ1) is 6.24. The van der Waals surface area contributed by atoms with Gasteiger partial charge in [0.2, 0.25) is 0 Å². The maximum atomic E-state index is 10.6. The molecule has 0 saturated heterocycles. The summed E-state index contributed by atoms with van der Waals surface area (Å²) in [5, 5.41) is 0. The van der Waals surface area contributed by atoms with Crippen LogP contribution < -0.4 is 4.74 Å². The molecule has 1 unspecified atom stereocenters. The third-order valence-electron chi connectivity index (χ3n) is 2.31. The van der Waals surface area contributed by atoms with E-state index in [0.29, 0.717) is 5.57 Å². The van der Waals surface area contributed by atoms with E-state index >= 15 is 0 Å². The first-order valence-electron chi connectivity index (χ1n) is 4.25. The second kappa shape index (κ2) is 2.75. The highest BCUT2D eigenvalue weighted by atomic mass is 16.5. The molecule has 0 bridgehead atoms. The Morgan fingerprint density at radius 2 is 2.23 bits per heavy atom. The fourth-order valence-electron chi connectivity index (χ4n) is 1.61. The molecule has 0 aliphatic carbocycles. The van der Waals surface area contributed by atoms with Crippen LogP contribution in [0, 0.1) is 6.92 Å². The van der Waals surface area contributed by atoms with Gasteiger partial charge in [0.25, 0.3) is 0 Å². The largest absolute Gasteiger partial charge is 0.484 e. The summed E-state index contributed by atoms with van der Waals surface area (Å²) in [6, 6.07) is 5.79. The summed E-state index contributed by atoms with van der Waals surface area (Å²) >= 11 is 0. The van der Waals surface area contributed by atoms with Crippen LogP contribution in [0.5, 0.6) is 5.75 Å². The van der Waals surface area contributed by atoms with Gasteiger partial charge in [-0.2, -0.15) is 0 Å². The van der Waals surface area contributed by atoms with Crippen molar-refractivity contribution >= 4 is 11.5 Å². The second-order valence-corrected chi connectivity index (χ2v) is 3.23. The second-order valence-electron chi connectivity index (χ2n) is 3.23. The molecule has 2 nitrogen and oxygen atoms in total. The lowest BCUT2D eigenvalue weighted by Gasteiger charge is -2.03. The molecule has 2 rings (SSSR count). The summed E-state index contributed by atoms with van der Waals surface area (Å²) in [7, 11) is 0. The van der Waals surface area contributed by atoms with Gasteiger partial charge in [0.05, 0.1) is 5.57 Å². The predicted molar refractivity (Wildman–Crippen MR) is 50.4 cm³/mol. The normalized spacial score (nSPS) is 19.2. The maximum Gasteiger partial charge on any atom is 0.132 e. The van der Waals surface area contributed by atoms with E-state index in [0.717, 1.165) is 16.9 Å². The first kappa shape index (κ1) is 8.09. The molecule has 66 valence electrons. The lowest BCUT2D eigenvalue weighted by molar-refractivity contribution is 0.295. The quantitative estimate of drug-likeness (QED) is 0.562. The lowest BCUT2D eigenvalue weighted by atomic mass is 10.0. The number of fused-ring (bicyclic) bond motifs is 1. The molecule has 13 heavy (non-hydrogen) atoms. The number of benzene rings is 1. The Balaban J connectivity index is 2.67. The summed E-state index contributed by atoms with van der Waals surface area (Å²) in [4.78, 5) is 10.6. The number of hydrogen-bond acceptors (Lipinski definition) is 2. The standard InChI is InChI=1S/C11H10O2/c1-7-4-3-5-9-10(6-12)8(2)13-11(7)9/h3-5,8H,1-2H3. The highest BCUT2D eigenvalue weighted by Crippen LogP contribution is 2.37. The zero-order valence-corrected chi connectivity index (χ0v) is 7.63. The molecule has 0 radical (unpaired) electrons. The third kappa shape index (κ3) is 1.07. The van der Waals surface area contributed by atoms with Gasteiger partial charge in [-0.1, -0.05) is 18.2 Å². The van der Waals surface area contributed by atoms with Crippen molar-refractivity contribution in [3.8, 4) is 5.75 Å². The zero-order valence-electron chi connectivity index (χ0n) is 7.63. The minimum Gasteiger partial charge on any atom is -0.484 e. The Kier molecular flexibility index (Phi) is 1.71. The first-order valence-corrected chi connectivity index (χ1v) is 4.25. The van der Waals surface area contributed by atoms with E-state index in [1.54, 1.807) is 0 Å². The van der Waals surface area contributed by atoms with Crippen LogP contribution in [-0.4, -0.2) is 12.0 Å². The molecule has 0 fully saturated rings. The van der Waals surface area contributed by atoms with Crippen LogP contribution in [0.2, 0.25) is 0 Å². The van der Waals surface area contributed by atoms with E-state index in [2.05, 4.69) is 0 Å². The van der Waals surface area contributed by atoms with Crippen molar-refractivity contribution in [2.45, 2.75) is 20.0 Å². The maximum absolute atomic E-state index is 10.6. The van der Waals surface area contributed by atoms with E-state index in [9.17, 15) is 4.79 Å². The fraction of sp³-hybridized carbons (Fsp3) is 0.273. The number of carbonyl (C=O) groups excluding carboxylic acids is 1. The monoisotopic (exact) mass is 174 g/mol. The molecular formula is C11H10O2. The Labute approximate surface area is 76.8 Å². The van der Waals surface area contributed by atoms with Crippen molar-refractivity contribution in [3.63, 3.8) is 0 Å². The van der Waals surface area contributed by atoms with Gasteiger partial charge in [0.15, 0.2) is 0 Å². The van der Waals surface area contributed by atoms with Gasteiger partial charge in [-0.25, -0.2) is 4.79 Å². The summed E-state index contributed by atoms with van der Waals surface area (Å²) in [6.45, 7) is 3.83. The van der Waals surface area contributed by atoms with Crippen molar-refractivity contribution in [1.29, 1.82) is 0 Å². The Morgan fingerprint density at radius 1 is 1.46 bits per heavy atom. The molecule has 0 amide bonds. The average molecular weight is 174 g/mol. The van der Waals surface area contributed by atoms with Gasteiger partial charge >= 0.3 is 0 Å². The SMILES string of the molecule is Cc1cccc2c1OC(C)C2=C=O. The Bertz CT molecular complexity index is 401. The van der Waals surface area contributed by atoms with Crippen LogP contribution in [0.25, 0.3) is 5.57 Å². The number of rotatable bonds is 0. The number of para-hydroxylation sites is 1. The predicted octanol–water partition coefficient (Wildman–Crippen LogP) is 1.99. The molecule has 0 aromatic heterocycles. The zero-order chi connectivity index (χ0) is 9.42. The summed E-state index contributed by atoms with van der Waals surface area (Å²) in [5.74, 6) is 2.77. The van der Waals surface area contributed by atoms with Crippen molar-refractivity contribution < 1.29 is 9.53 Å². The van der Waals surface area contributed by atoms with E-state index < -0.39 is 0 Å². The van der Waals surface area contributed by atoms with Crippen molar-refractivity contribution in [1.82, 2.24) is 0 Å². The molecular weight excluding hydrogens is 164 g/mol. The Morgan fingerprint density at radius 3 is 2.92 bits per heavy atom. The summed E-state index contributed by atoms with van der Waals surface area (Å²) in [6.07, 6.45) is -0.159.